The summed E-state index contributed by atoms with van der Waals surface area (Å²) in [6, 6.07) is 14.0. The highest BCUT2D eigenvalue weighted by atomic mass is 32.2. The predicted molar refractivity (Wildman–Crippen MR) is 68.1 cm³/mol. The third-order valence-corrected chi connectivity index (χ3v) is 3.61. The van der Waals surface area contributed by atoms with Crippen molar-refractivity contribution in [3.63, 3.8) is 0 Å². The molecule has 0 spiro atoms. The Bertz CT molecular complexity index is 468. The van der Waals surface area contributed by atoms with Crippen LogP contribution in [0.1, 0.15) is 11.1 Å². The Morgan fingerprint density at radius 2 is 1.69 bits per heavy atom. The first-order chi connectivity index (χ1) is 7.66. The van der Waals surface area contributed by atoms with Crippen molar-refractivity contribution in [2.24, 2.45) is 0 Å². The summed E-state index contributed by atoms with van der Waals surface area (Å²) in [6.45, 7) is 4.02. The molecule has 0 saturated carbocycles. The molecule has 0 radical (unpaired) electrons. The maximum Gasteiger partial charge on any atom is 0.130 e. The van der Waals surface area contributed by atoms with Crippen LogP contribution in [0.5, 0.6) is 5.75 Å². The molecule has 2 aromatic carbocycles. The lowest BCUT2D eigenvalue weighted by Gasteiger charge is -2.09. The molecule has 0 atom stereocenters. The second-order valence-corrected chi connectivity index (χ2v) is 4.93. The zero-order valence-corrected chi connectivity index (χ0v) is 10.2. The monoisotopic (exact) mass is 230 g/mol. The van der Waals surface area contributed by atoms with Gasteiger partial charge in [0.1, 0.15) is 5.75 Å². The van der Waals surface area contributed by atoms with Crippen molar-refractivity contribution in [3.8, 4) is 5.75 Å². The van der Waals surface area contributed by atoms with Gasteiger partial charge < -0.3 is 5.11 Å². The third kappa shape index (κ3) is 2.39. The number of aromatic hydroxyl groups is 1. The molecular formula is C14H14OS. The lowest BCUT2D eigenvalue weighted by molar-refractivity contribution is 0.461. The molecule has 0 bridgehead atoms. The van der Waals surface area contributed by atoms with E-state index in [1.165, 1.54) is 0 Å². The minimum Gasteiger partial charge on any atom is -0.507 e. The van der Waals surface area contributed by atoms with Gasteiger partial charge in [0, 0.05) is 4.90 Å². The van der Waals surface area contributed by atoms with Crippen LogP contribution in [-0.4, -0.2) is 5.11 Å². The molecule has 0 aliphatic heterocycles. The molecule has 1 N–H and O–H groups in total. The first-order valence-electron chi connectivity index (χ1n) is 5.20. The van der Waals surface area contributed by atoms with Crippen LogP contribution in [-0.2, 0) is 0 Å². The molecule has 82 valence electrons. The first-order valence-corrected chi connectivity index (χ1v) is 6.01. The first kappa shape index (κ1) is 11.1. The van der Waals surface area contributed by atoms with Crippen LogP contribution in [0.3, 0.4) is 0 Å². The molecule has 0 saturated heterocycles. The molecule has 0 aliphatic rings. The molecule has 0 aliphatic carbocycles. The quantitative estimate of drug-likeness (QED) is 0.836. The Balaban J connectivity index is 2.35. The molecule has 2 rings (SSSR count). The molecule has 1 nitrogen and oxygen atoms in total. The van der Waals surface area contributed by atoms with Crippen molar-refractivity contribution >= 4 is 11.8 Å². The van der Waals surface area contributed by atoms with Crippen molar-refractivity contribution in [2.45, 2.75) is 23.6 Å². The van der Waals surface area contributed by atoms with Crippen LogP contribution in [0.15, 0.2) is 52.3 Å². The van der Waals surface area contributed by atoms with Crippen molar-refractivity contribution in [2.75, 3.05) is 0 Å². The van der Waals surface area contributed by atoms with Crippen LogP contribution in [0, 0.1) is 13.8 Å². The molecule has 0 fully saturated rings. The van der Waals surface area contributed by atoms with Crippen LogP contribution in [0.25, 0.3) is 0 Å². The van der Waals surface area contributed by atoms with E-state index < -0.39 is 0 Å². The van der Waals surface area contributed by atoms with E-state index in [4.69, 9.17) is 0 Å². The van der Waals surface area contributed by atoms with E-state index in [1.54, 1.807) is 17.8 Å². The van der Waals surface area contributed by atoms with Gasteiger partial charge in [-0.1, -0.05) is 36.0 Å². The minimum absolute atomic E-state index is 0.367. The molecule has 0 amide bonds. The summed E-state index contributed by atoms with van der Waals surface area (Å²) in [4.78, 5) is 2.08. The number of rotatable bonds is 2. The van der Waals surface area contributed by atoms with E-state index in [0.717, 1.165) is 20.9 Å². The second-order valence-electron chi connectivity index (χ2n) is 3.85. The maximum absolute atomic E-state index is 9.91. The molecule has 16 heavy (non-hydrogen) atoms. The van der Waals surface area contributed by atoms with Crippen LogP contribution >= 0.6 is 11.8 Å². The highest BCUT2D eigenvalue weighted by Gasteiger charge is 2.07. The summed E-state index contributed by atoms with van der Waals surface area (Å²) in [5.74, 6) is 0.367. The molecule has 2 heteroatoms. The van der Waals surface area contributed by atoms with E-state index in [1.807, 2.05) is 44.2 Å². The summed E-state index contributed by atoms with van der Waals surface area (Å²) < 4.78 is 0. The van der Waals surface area contributed by atoms with Crippen LogP contribution < -0.4 is 0 Å². The fourth-order valence-corrected chi connectivity index (χ4v) is 2.58. The minimum atomic E-state index is 0.367. The highest BCUT2D eigenvalue weighted by Crippen LogP contribution is 2.37. The SMILES string of the molecule is Cc1cc(C)c(Sc2ccccc2)c(O)c1. The van der Waals surface area contributed by atoms with Gasteiger partial charge >= 0.3 is 0 Å². The molecule has 0 heterocycles. The number of hydrogen-bond donors (Lipinski definition) is 1. The van der Waals surface area contributed by atoms with Crippen molar-refractivity contribution < 1.29 is 5.11 Å². The summed E-state index contributed by atoms with van der Waals surface area (Å²) in [6.07, 6.45) is 0. The normalized spacial score (nSPS) is 10.4. The molecule has 2 aromatic rings. The Kier molecular flexibility index (Phi) is 3.20. The number of aryl methyl sites for hydroxylation is 2. The second kappa shape index (κ2) is 4.62. The van der Waals surface area contributed by atoms with Crippen molar-refractivity contribution in [3.05, 3.63) is 53.6 Å². The van der Waals surface area contributed by atoms with Gasteiger partial charge in [-0.2, -0.15) is 0 Å². The van der Waals surface area contributed by atoms with Gasteiger partial charge in [-0.15, -0.1) is 0 Å². The Morgan fingerprint density at radius 3 is 2.31 bits per heavy atom. The number of phenolic OH excluding ortho intramolecular Hbond substituents is 1. The molecule has 0 aromatic heterocycles. The average Bonchev–Trinajstić information content (AvgIpc) is 2.25. The summed E-state index contributed by atoms with van der Waals surface area (Å²) in [5.41, 5.74) is 2.21. The average molecular weight is 230 g/mol. The van der Waals surface area contributed by atoms with Gasteiger partial charge in [0.05, 0.1) is 4.90 Å². The van der Waals surface area contributed by atoms with E-state index in [0.29, 0.717) is 5.75 Å². The smallest absolute Gasteiger partial charge is 0.130 e. The molecular weight excluding hydrogens is 216 g/mol. The van der Waals surface area contributed by atoms with Crippen LogP contribution in [0.2, 0.25) is 0 Å². The fraction of sp³-hybridized carbons (Fsp3) is 0.143. The zero-order valence-electron chi connectivity index (χ0n) is 9.40. The van der Waals surface area contributed by atoms with E-state index in [2.05, 4.69) is 6.07 Å². The Hall–Kier alpha value is -1.41. The Labute approximate surface area is 100 Å². The van der Waals surface area contributed by atoms with E-state index in [9.17, 15) is 5.11 Å². The van der Waals surface area contributed by atoms with Crippen molar-refractivity contribution in [1.29, 1.82) is 0 Å². The maximum atomic E-state index is 9.91. The van der Waals surface area contributed by atoms with Gasteiger partial charge in [0.25, 0.3) is 0 Å². The van der Waals surface area contributed by atoms with E-state index in [-0.39, 0.29) is 0 Å². The largest absolute Gasteiger partial charge is 0.507 e. The third-order valence-electron chi connectivity index (χ3n) is 2.36. The Morgan fingerprint density at radius 1 is 1.00 bits per heavy atom. The summed E-state index contributed by atoms with van der Waals surface area (Å²) in [5, 5.41) is 9.91. The lowest BCUT2D eigenvalue weighted by atomic mass is 10.1. The van der Waals surface area contributed by atoms with E-state index >= 15 is 0 Å². The topological polar surface area (TPSA) is 20.2 Å². The summed E-state index contributed by atoms with van der Waals surface area (Å²) >= 11 is 1.60. The van der Waals surface area contributed by atoms with Gasteiger partial charge in [0.2, 0.25) is 0 Å². The molecule has 0 unspecified atom stereocenters. The van der Waals surface area contributed by atoms with Gasteiger partial charge in [-0.25, -0.2) is 0 Å². The van der Waals surface area contributed by atoms with Crippen LogP contribution in [0.4, 0.5) is 0 Å². The van der Waals surface area contributed by atoms with Gasteiger partial charge in [0.15, 0.2) is 0 Å². The highest BCUT2D eigenvalue weighted by molar-refractivity contribution is 7.99. The standard InChI is InChI=1S/C14H14OS/c1-10-8-11(2)14(13(15)9-10)16-12-6-4-3-5-7-12/h3-9,15H,1-2H3. The predicted octanol–water partition coefficient (Wildman–Crippen LogP) is 4.16. The van der Waals surface area contributed by atoms with Gasteiger partial charge in [-0.05, 0) is 43.2 Å². The van der Waals surface area contributed by atoms with Crippen molar-refractivity contribution in [1.82, 2.24) is 0 Å². The number of benzene rings is 2. The fourth-order valence-electron chi connectivity index (χ4n) is 1.67. The lowest BCUT2D eigenvalue weighted by Crippen LogP contribution is -1.83. The summed E-state index contributed by atoms with van der Waals surface area (Å²) in [7, 11) is 0. The number of phenols is 1. The zero-order chi connectivity index (χ0) is 11.5. The number of hydrogen-bond acceptors (Lipinski definition) is 2. The van der Waals surface area contributed by atoms with Gasteiger partial charge in [-0.3, -0.25) is 0 Å².